The van der Waals surface area contributed by atoms with Gasteiger partial charge in [-0.25, -0.2) is 0 Å². The summed E-state index contributed by atoms with van der Waals surface area (Å²) in [5, 5.41) is 7.86. The summed E-state index contributed by atoms with van der Waals surface area (Å²) in [4.78, 5) is 15.8. The molecule has 7 nitrogen and oxygen atoms in total. The third-order valence-electron chi connectivity index (χ3n) is 2.88. The van der Waals surface area contributed by atoms with Crippen molar-refractivity contribution >= 4 is 27.9 Å². The summed E-state index contributed by atoms with van der Waals surface area (Å²) in [5.74, 6) is 0.538. The number of amidine groups is 1. The maximum atomic E-state index is 12.1. The molecule has 0 saturated carbocycles. The van der Waals surface area contributed by atoms with Crippen molar-refractivity contribution in [2.75, 3.05) is 13.2 Å². The minimum atomic E-state index is -0.485. The molecule has 0 atom stereocenters. The molecule has 24 heavy (non-hydrogen) atoms. The number of benzene rings is 1. The van der Waals surface area contributed by atoms with Crippen LogP contribution in [0.3, 0.4) is 0 Å². The van der Waals surface area contributed by atoms with Crippen molar-refractivity contribution in [2.45, 2.75) is 6.42 Å². The number of nitrogens with two attached hydrogens (primary N) is 2. The van der Waals surface area contributed by atoms with Crippen LogP contribution in [0.1, 0.15) is 22.5 Å². The number of rotatable bonds is 6. The van der Waals surface area contributed by atoms with Gasteiger partial charge in [0.25, 0.3) is 5.91 Å². The van der Waals surface area contributed by atoms with Gasteiger partial charge in [-0.3, -0.25) is 10.2 Å². The van der Waals surface area contributed by atoms with Gasteiger partial charge in [0, 0.05) is 5.56 Å². The van der Waals surface area contributed by atoms with Gasteiger partial charge in [-0.15, -0.1) is 0 Å². The lowest BCUT2D eigenvalue weighted by Crippen LogP contribution is -2.13. The summed E-state index contributed by atoms with van der Waals surface area (Å²) in [6.07, 6.45) is 2.22. The highest BCUT2D eigenvalue weighted by Gasteiger charge is 2.10. The molecule has 0 radical (unpaired) electrons. The van der Waals surface area contributed by atoms with E-state index in [9.17, 15) is 4.79 Å². The van der Waals surface area contributed by atoms with Gasteiger partial charge in [0.15, 0.2) is 10.9 Å². The third kappa shape index (κ3) is 5.25. The van der Waals surface area contributed by atoms with Crippen LogP contribution in [0.25, 0.3) is 0 Å². The van der Waals surface area contributed by atoms with E-state index in [1.807, 2.05) is 0 Å². The number of furan rings is 1. The first-order valence-corrected chi connectivity index (χ1v) is 8.03. The second kappa shape index (κ2) is 8.90. The number of amides is 1. The van der Waals surface area contributed by atoms with E-state index in [0.29, 0.717) is 30.2 Å². The van der Waals surface area contributed by atoms with E-state index < -0.39 is 5.91 Å². The molecule has 126 valence electrons. The Kier molecular flexibility index (Phi) is 6.59. The first-order valence-electron chi connectivity index (χ1n) is 7.22. The Balaban J connectivity index is 1.94. The zero-order chi connectivity index (χ0) is 17.4. The van der Waals surface area contributed by atoms with Crippen LogP contribution in [0.15, 0.2) is 52.1 Å². The van der Waals surface area contributed by atoms with Gasteiger partial charge in [-0.1, -0.05) is 0 Å². The molecule has 0 aliphatic heterocycles. The van der Waals surface area contributed by atoms with Crippen LogP contribution in [-0.2, 0) is 0 Å². The molecule has 1 heterocycles. The number of ether oxygens (including phenoxy) is 1. The number of nitrogens with one attached hydrogen (secondary N) is 1. The number of thioether (sulfide) groups is 1. The monoisotopic (exact) mass is 346 g/mol. The summed E-state index contributed by atoms with van der Waals surface area (Å²) in [6.45, 7) is 1.09. The molecule has 2 rings (SSSR count). The van der Waals surface area contributed by atoms with Gasteiger partial charge in [0.1, 0.15) is 10.8 Å². The van der Waals surface area contributed by atoms with E-state index in [4.69, 9.17) is 26.0 Å². The van der Waals surface area contributed by atoms with E-state index in [0.717, 1.165) is 18.2 Å². The maximum Gasteiger partial charge on any atom is 0.279 e. The fraction of sp³-hybridized carbons (Fsp3) is 0.188. The Bertz CT molecular complexity index is 711. The number of carbonyl (C=O) groups is 1. The van der Waals surface area contributed by atoms with Gasteiger partial charge in [-0.05, 0) is 61.1 Å². The smallest absolute Gasteiger partial charge is 0.279 e. The molecular formula is C16H18N4O3S. The lowest BCUT2D eigenvalue weighted by molar-refractivity contribution is 0.100. The van der Waals surface area contributed by atoms with Crippen LogP contribution in [0.2, 0.25) is 0 Å². The molecule has 1 aromatic carbocycles. The number of hydrogen-bond donors (Lipinski definition) is 3. The van der Waals surface area contributed by atoms with E-state index in [1.165, 1.54) is 6.26 Å². The Hall–Kier alpha value is -2.58. The predicted octanol–water partition coefficient (Wildman–Crippen LogP) is 2.22. The summed E-state index contributed by atoms with van der Waals surface area (Å²) in [6, 6.07) is 9.90. The fourth-order valence-electron chi connectivity index (χ4n) is 1.72. The van der Waals surface area contributed by atoms with Crippen molar-refractivity contribution in [3.8, 4) is 5.75 Å². The molecular weight excluding hydrogens is 328 g/mol. The number of carbonyl (C=O) groups excluding carboxylic acids is 1. The van der Waals surface area contributed by atoms with Crippen molar-refractivity contribution < 1.29 is 13.9 Å². The molecule has 0 fully saturated rings. The van der Waals surface area contributed by atoms with Gasteiger partial charge < -0.3 is 20.6 Å². The third-order valence-corrected chi connectivity index (χ3v) is 3.59. The van der Waals surface area contributed by atoms with Crippen molar-refractivity contribution in [1.29, 1.82) is 5.41 Å². The van der Waals surface area contributed by atoms with Crippen molar-refractivity contribution in [3.63, 3.8) is 0 Å². The van der Waals surface area contributed by atoms with Gasteiger partial charge in [0.2, 0.25) is 0 Å². The van der Waals surface area contributed by atoms with E-state index in [-0.39, 0.29) is 10.2 Å². The van der Waals surface area contributed by atoms with Crippen LogP contribution >= 0.6 is 11.8 Å². The summed E-state index contributed by atoms with van der Waals surface area (Å²) >= 11 is 0.857. The van der Waals surface area contributed by atoms with Gasteiger partial charge in [-0.2, -0.15) is 4.99 Å². The highest BCUT2D eigenvalue weighted by Crippen LogP contribution is 2.15. The molecule has 0 aliphatic carbocycles. The first kappa shape index (κ1) is 17.8. The largest absolute Gasteiger partial charge is 0.494 e. The summed E-state index contributed by atoms with van der Waals surface area (Å²) in [7, 11) is 0. The lowest BCUT2D eigenvalue weighted by Gasteiger charge is -2.05. The SMILES string of the molecule is N=C(SC(N)=NC(=O)c1ccc(OCCCN)cc1)c1ccco1. The summed E-state index contributed by atoms with van der Waals surface area (Å²) in [5.41, 5.74) is 11.5. The number of nitrogens with zero attached hydrogens (tertiary/aromatic N) is 1. The quantitative estimate of drug-likeness (QED) is 0.418. The average molecular weight is 346 g/mol. The molecule has 1 aromatic heterocycles. The Morgan fingerprint density at radius 3 is 2.67 bits per heavy atom. The van der Waals surface area contributed by atoms with Gasteiger partial charge >= 0.3 is 0 Å². The Morgan fingerprint density at radius 1 is 1.29 bits per heavy atom. The number of aliphatic imine (C=N–C) groups is 1. The molecule has 5 N–H and O–H groups in total. The number of hydrogen-bond acceptors (Lipinski definition) is 6. The standard InChI is InChI=1S/C16H18N4O3S/c17-8-2-10-22-12-6-4-11(5-7-12)15(21)20-16(19)24-14(18)13-3-1-9-23-13/h1,3-7,9,18H,2,8,10,17H2,(H2,19,20,21). The predicted molar refractivity (Wildman–Crippen MR) is 94.7 cm³/mol. The zero-order valence-corrected chi connectivity index (χ0v) is 13.7. The molecule has 0 unspecified atom stereocenters. The molecule has 8 heteroatoms. The second-order valence-electron chi connectivity index (χ2n) is 4.68. The van der Waals surface area contributed by atoms with Crippen LogP contribution < -0.4 is 16.2 Å². The highest BCUT2D eigenvalue weighted by molar-refractivity contribution is 8.26. The van der Waals surface area contributed by atoms with E-state index >= 15 is 0 Å². The Morgan fingerprint density at radius 2 is 2.04 bits per heavy atom. The molecule has 2 aromatic rings. The molecule has 1 amide bonds. The normalized spacial score (nSPS) is 11.3. The van der Waals surface area contributed by atoms with Crippen molar-refractivity contribution in [3.05, 3.63) is 54.0 Å². The fourth-order valence-corrected chi connectivity index (χ4v) is 2.27. The van der Waals surface area contributed by atoms with Crippen LogP contribution in [0, 0.1) is 5.41 Å². The van der Waals surface area contributed by atoms with Crippen LogP contribution in [-0.4, -0.2) is 29.3 Å². The Labute approximate surface area is 143 Å². The molecule has 0 saturated heterocycles. The van der Waals surface area contributed by atoms with Crippen molar-refractivity contribution in [2.24, 2.45) is 16.5 Å². The lowest BCUT2D eigenvalue weighted by atomic mass is 10.2. The maximum absolute atomic E-state index is 12.1. The topological polar surface area (TPSA) is 128 Å². The highest BCUT2D eigenvalue weighted by atomic mass is 32.2. The molecule has 0 spiro atoms. The first-order chi connectivity index (χ1) is 11.6. The second-order valence-corrected chi connectivity index (χ2v) is 5.71. The summed E-state index contributed by atoms with van der Waals surface area (Å²) < 4.78 is 10.5. The minimum Gasteiger partial charge on any atom is -0.494 e. The van der Waals surface area contributed by atoms with E-state index in [1.54, 1.807) is 36.4 Å². The molecule has 0 aliphatic rings. The van der Waals surface area contributed by atoms with E-state index in [2.05, 4.69) is 4.99 Å². The van der Waals surface area contributed by atoms with Crippen LogP contribution in [0.4, 0.5) is 0 Å². The molecule has 0 bridgehead atoms. The van der Waals surface area contributed by atoms with Crippen molar-refractivity contribution in [1.82, 2.24) is 0 Å². The van der Waals surface area contributed by atoms with Gasteiger partial charge in [0.05, 0.1) is 12.9 Å². The minimum absolute atomic E-state index is 0.0235. The van der Waals surface area contributed by atoms with Crippen LogP contribution in [0.5, 0.6) is 5.75 Å². The zero-order valence-electron chi connectivity index (χ0n) is 12.9. The average Bonchev–Trinajstić information content (AvgIpc) is 3.10.